The van der Waals surface area contributed by atoms with Crippen LogP contribution in [0.2, 0.25) is 0 Å². The van der Waals surface area contributed by atoms with Gasteiger partial charge in [-0.2, -0.15) is 0 Å². The molecule has 0 amide bonds. The first-order chi connectivity index (χ1) is 7.57. The van der Waals surface area contributed by atoms with E-state index in [-0.39, 0.29) is 5.56 Å². The maximum absolute atomic E-state index is 13.3. The van der Waals surface area contributed by atoms with Crippen molar-refractivity contribution in [2.24, 2.45) is 0 Å². The van der Waals surface area contributed by atoms with Crippen LogP contribution in [0.5, 0.6) is 0 Å². The molecule has 86 valence electrons. The van der Waals surface area contributed by atoms with Crippen LogP contribution in [0.15, 0.2) is 18.2 Å². The van der Waals surface area contributed by atoms with Crippen molar-refractivity contribution in [1.82, 2.24) is 0 Å². The summed E-state index contributed by atoms with van der Waals surface area (Å²) in [5.74, 6) is -1.65. The Labute approximate surface area is 92.9 Å². The molecule has 3 nitrogen and oxygen atoms in total. The number of methoxy groups -OCH3 is 1. The monoisotopic (exact) mass is 224 g/mol. The first-order valence-electron chi connectivity index (χ1n) is 5.17. The van der Waals surface area contributed by atoms with Gasteiger partial charge in [0.1, 0.15) is 5.82 Å². The molecule has 4 heteroatoms. The highest BCUT2D eigenvalue weighted by Gasteiger charge is 2.39. The number of ether oxygens (including phenoxy) is 1. The highest BCUT2D eigenvalue weighted by atomic mass is 19.1. The van der Waals surface area contributed by atoms with Crippen molar-refractivity contribution in [1.29, 1.82) is 0 Å². The summed E-state index contributed by atoms with van der Waals surface area (Å²) in [5, 5.41) is 8.86. The van der Waals surface area contributed by atoms with Gasteiger partial charge in [0, 0.05) is 7.11 Å². The van der Waals surface area contributed by atoms with Gasteiger partial charge in [-0.05, 0) is 43.0 Å². The van der Waals surface area contributed by atoms with Crippen molar-refractivity contribution in [2.75, 3.05) is 7.11 Å². The number of halogens is 1. The summed E-state index contributed by atoms with van der Waals surface area (Å²) in [5.41, 5.74) is 0.115. The molecule has 0 heterocycles. The zero-order valence-electron chi connectivity index (χ0n) is 9.00. The van der Waals surface area contributed by atoms with Gasteiger partial charge < -0.3 is 9.84 Å². The highest BCUT2D eigenvalue weighted by Crippen LogP contribution is 2.44. The maximum atomic E-state index is 13.3. The molecule has 0 atom stereocenters. The minimum Gasteiger partial charge on any atom is -0.478 e. The lowest BCUT2D eigenvalue weighted by molar-refractivity contribution is -0.0780. The standard InChI is InChI=1S/C12H13FO3/c1-16-12(3-2-4-12)9-5-8(11(14)15)6-10(13)7-9/h5-7H,2-4H2,1H3,(H,14,15). The van der Waals surface area contributed by atoms with Gasteiger partial charge in [-0.25, -0.2) is 9.18 Å². The molecule has 0 radical (unpaired) electrons. The van der Waals surface area contributed by atoms with E-state index in [2.05, 4.69) is 0 Å². The van der Waals surface area contributed by atoms with Gasteiger partial charge in [0.25, 0.3) is 0 Å². The van der Waals surface area contributed by atoms with Crippen LogP contribution in [0.1, 0.15) is 35.2 Å². The van der Waals surface area contributed by atoms with Gasteiger partial charge in [0.15, 0.2) is 0 Å². The zero-order valence-corrected chi connectivity index (χ0v) is 9.00. The molecule has 0 saturated heterocycles. The first-order valence-corrected chi connectivity index (χ1v) is 5.17. The summed E-state index contributed by atoms with van der Waals surface area (Å²) < 4.78 is 18.7. The fourth-order valence-corrected chi connectivity index (χ4v) is 2.08. The average Bonchev–Trinajstić information content (AvgIpc) is 2.16. The van der Waals surface area contributed by atoms with Crippen molar-refractivity contribution < 1.29 is 19.0 Å². The van der Waals surface area contributed by atoms with Gasteiger partial charge in [-0.15, -0.1) is 0 Å². The van der Waals surface area contributed by atoms with Crippen molar-refractivity contribution in [3.8, 4) is 0 Å². The summed E-state index contributed by atoms with van der Waals surface area (Å²) in [6, 6.07) is 3.87. The van der Waals surface area contributed by atoms with E-state index < -0.39 is 17.4 Å². The fraction of sp³-hybridized carbons (Fsp3) is 0.417. The number of carbonyl (C=O) groups is 1. The molecule has 1 aromatic rings. The number of carboxylic acid groups (broad SMARTS) is 1. The third kappa shape index (κ3) is 1.69. The number of hydrogen-bond donors (Lipinski definition) is 1. The van der Waals surface area contributed by atoms with Crippen LogP contribution in [0.25, 0.3) is 0 Å². The Hall–Kier alpha value is -1.42. The molecular formula is C12H13FO3. The Morgan fingerprint density at radius 2 is 2.12 bits per heavy atom. The molecule has 16 heavy (non-hydrogen) atoms. The van der Waals surface area contributed by atoms with Crippen molar-refractivity contribution in [3.05, 3.63) is 35.1 Å². The molecule has 2 rings (SSSR count). The second-order valence-electron chi connectivity index (χ2n) is 4.09. The van der Waals surface area contributed by atoms with Crippen LogP contribution >= 0.6 is 0 Å². The van der Waals surface area contributed by atoms with Crippen LogP contribution in [-0.4, -0.2) is 18.2 Å². The Morgan fingerprint density at radius 3 is 2.56 bits per heavy atom. The van der Waals surface area contributed by atoms with Crippen LogP contribution in [0, 0.1) is 5.82 Å². The SMILES string of the molecule is COC1(c2cc(F)cc(C(=O)O)c2)CCC1. The quantitative estimate of drug-likeness (QED) is 0.858. The molecule has 1 fully saturated rings. The Kier molecular flexibility index (Phi) is 2.68. The van der Waals surface area contributed by atoms with E-state index in [0.29, 0.717) is 5.56 Å². The third-order valence-corrected chi connectivity index (χ3v) is 3.22. The van der Waals surface area contributed by atoms with E-state index in [1.807, 2.05) is 0 Å². The molecule has 0 spiro atoms. The van der Waals surface area contributed by atoms with Crippen LogP contribution in [0.3, 0.4) is 0 Å². The summed E-state index contributed by atoms with van der Waals surface area (Å²) in [7, 11) is 1.57. The number of carboxylic acids is 1. The molecule has 1 aliphatic rings. The summed E-state index contributed by atoms with van der Waals surface area (Å²) in [4.78, 5) is 10.8. The third-order valence-electron chi connectivity index (χ3n) is 3.22. The first kappa shape index (κ1) is 11.1. The molecule has 1 saturated carbocycles. The van der Waals surface area contributed by atoms with Crippen LogP contribution in [0.4, 0.5) is 4.39 Å². The summed E-state index contributed by atoms with van der Waals surface area (Å²) in [6.07, 6.45) is 2.64. The minimum absolute atomic E-state index is 0.0293. The van der Waals surface area contributed by atoms with E-state index in [1.165, 1.54) is 12.1 Å². The summed E-state index contributed by atoms with van der Waals surface area (Å²) >= 11 is 0. The van der Waals surface area contributed by atoms with Gasteiger partial charge in [0.05, 0.1) is 11.2 Å². The number of aromatic carboxylic acids is 1. The minimum atomic E-state index is -1.12. The van der Waals surface area contributed by atoms with Crippen molar-refractivity contribution >= 4 is 5.97 Å². The Balaban J connectivity index is 2.44. The molecule has 0 aliphatic heterocycles. The predicted octanol–water partition coefficient (Wildman–Crippen LogP) is 2.55. The second-order valence-corrected chi connectivity index (χ2v) is 4.09. The number of hydrogen-bond acceptors (Lipinski definition) is 2. The van der Waals surface area contributed by atoms with Gasteiger partial charge in [-0.1, -0.05) is 0 Å². The van der Waals surface area contributed by atoms with E-state index in [9.17, 15) is 9.18 Å². The highest BCUT2D eigenvalue weighted by molar-refractivity contribution is 5.87. The zero-order chi connectivity index (χ0) is 11.8. The normalized spacial score (nSPS) is 17.9. The smallest absolute Gasteiger partial charge is 0.335 e. The molecule has 1 aromatic carbocycles. The van der Waals surface area contributed by atoms with Crippen molar-refractivity contribution in [3.63, 3.8) is 0 Å². The van der Waals surface area contributed by atoms with E-state index in [4.69, 9.17) is 9.84 Å². The molecule has 1 aliphatic carbocycles. The van der Waals surface area contributed by atoms with Gasteiger partial charge in [0.2, 0.25) is 0 Å². The number of rotatable bonds is 3. The lowest BCUT2D eigenvalue weighted by atomic mass is 9.74. The lowest BCUT2D eigenvalue weighted by Gasteiger charge is -2.41. The maximum Gasteiger partial charge on any atom is 0.335 e. The molecule has 1 N–H and O–H groups in total. The van der Waals surface area contributed by atoms with Crippen LogP contribution in [-0.2, 0) is 10.3 Å². The largest absolute Gasteiger partial charge is 0.478 e. The van der Waals surface area contributed by atoms with Crippen molar-refractivity contribution in [2.45, 2.75) is 24.9 Å². The van der Waals surface area contributed by atoms with Gasteiger partial charge in [-0.3, -0.25) is 0 Å². The van der Waals surface area contributed by atoms with E-state index in [1.54, 1.807) is 7.11 Å². The van der Waals surface area contributed by atoms with Crippen LogP contribution < -0.4 is 0 Å². The van der Waals surface area contributed by atoms with E-state index in [0.717, 1.165) is 25.3 Å². The molecule has 0 bridgehead atoms. The topological polar surface area (TPSA) is 46.5 Å². The molecular weight excluding hydrogens is 211 g/mol. The predicted molar refractivity (Wildman–Crippen MR) is 55.9 cm³/mol. The lowest BCUT2D eigenvalue weighted by Crippen LogP contribution is -2.36. The second kappa shape index (κ2) is 3.87. The molecule has 0 aromatic heterocycles. The van der Waals surface area contributed by atoms with E-state index >= 15 is 0 Å². The Bertz CT molecular complexity index is 419. The molecule has 0 unspecified atom stereocenters. The average molecular weight is 224 g/mol. The summed E-state index contributed by atoms with van der Waals surface area (Å²) in [6.45, 7) is 0. The number of benzene rings is 1. The fourth-order valence-electron chi connectivity index (χ4n) is 2.08. The Morgan fingerprint density at radius 1 is 1.44 bits per heavy atom. The van der Waals surface area contributed by atoms with Gasteiger partial charge >= 0.3 is 5.97 Å².